The summed E-state index contributed by atoms with van der Waals surface area (Å²) in [5, 5.41) is 2.74. The first kappa shape index (κ1) is 15.3. The van der Waals surface area contributed by atoms with Crippen LogP contribution >= 0.6 is 0 Å². The van der Waals surface area contributed by atoms with Crippen molar-refractivity contribution in [1.29, 1.82) is 0 Å². The van der Waals surface area contributed by atoms with Gasteiger partial charge in [0.25, 0.3) is 5.91 Å². The number of anilines is 1. The molecule has 2 aromatic rings. The van der Waals surface area contributed by atoms with Gasteiger partial charge in [-0.2, -0.15) is 4.99 Å². The molecule has 1 amide bonds. The molecule has 2 aromatic carbocycles. The van der Waals surface area contributed by atoms with Crippen LogP contribution in [0.5, 0.6) is 11.5 Å². The molecule has 0 radical (unpaired) electrons. The summed E-state index contributed by atoms with van der Waals surface area (Å²) >= 11 is 0. The summed E-state index contributed by atoms with van der Waals surface area (Å²) in [5.74, 6) is 0.762. The Morgan fingerprint density at radius 3 is 2.55 bits per heavy atom. The Morgan fingerprint density at radius 2 is 1.86 bits per heavy atom. The quantitative estimate of drug-likeness (QED) is 0.680. The molecule has 0 fully saturated rings. The number of hydrogen-bond donors (Lipinski definition) is 1. The van der Waals surface area contributed by atoms with E-state index in [9.17, 15) is 9.59 Å². The van der Waals surface area contributed by atoms with E-state index in [4.69, 9.17) is 9.47 Å². The van der Waals surface area contributed by atoms with Crippen LogP contribution in [0.15, 0.2) is 47.5 Å². The van der Waals surface area contributed by atoms with Gasteiger partial charge in [-0.05, 0) is 30.3 Å². The minimum atomic E-state index is -0.324. The van der Waals surface area contributed by atoms with E-state index < -0.39 is 0 Å². The molecule has 0 saturated carbocycles. The Kier molecular flexibility index (Phi) is 4.90. The molecule has 6 heteroatoms. The molecule has 0 saturated heterocycles. The second-order valence-corrected chi connectivity index (χ2v) is 4.28. The van der Waals surface area contributed by atoms with E-state index in [2.05, 4.69) is 10.3 Å². The minimum absolute atomic E-state index is 0.324. The van der Waals surface area contributed by atoms with Crippen molar-refractivity contribution >= 4 is 23.4 Å². The molecule has 22 heavy (non-hydrogen) atoms. The standard InChI is InChI=1S/C16H14N2O4/c1-21-14-7-6-13(9-15(14)22-2)18-16(20)11-4-3-5-12(8-11)17-10-19/h3-9H,1-2H3,(H,18,20). The molecule has 0 bridgehead atoms. The average Bonchev–Trinajstić information content (AvgIpc) is 2.55. The molecule has 1 N–H and O–H groups in total. The smallest absolute Gasteiger partial charge is 0.255 e. The van der Waals surface area contributed by atoms with Crippen molar-refractivity contribution in [2.75, 3.05) is 19.5 Å². The number of ether oxygens (including phenoxy) is 2. The lowest BCUT2D eigenvalue weighted by Crippen LogP contribution is -2.11. The third-order valence-electron chi connectivity index (χ3n) is 2.92. The summed E-state index contributed by atoms with van der Waals surface area (Å²) in [6.07, 6.45) is 1.44. The van der Waals surface area contributed by atoms with Gasteiger partial charge in [0.2, 0.25) is 6.08 Å². The van der Waals surface area contributed by atoms with Crippen LogP contribution in [0.25, 0.3) is 0 Å². The highest BCUT2D eigenvalue weighted by molar-refractivity contribution is 6.04. The Morgan fingerprint density at radius 1 is 1.09 bits per heavy atom. The molecule has 0 aliphatic rings. The monoisotopic (exact) mass is 298 g/mol. The van der Waals surface area contributed by atoms with Gasteiger partial charge in [0, 0.05) is 17.3 Å². The van der Waals surface area contributed by atoms with Gasteiger partial charge in [0.1, 0.15) is 0 Å². The predicted molar refractivity (Wildman–Crippen MR) is 81.7 cm³/mol. The van der Waals surface area contributed by atoms with E-state index in [-0.39, 0.29) is 5.91 Å². The van der Waals surface area contributed by atoms with Crippen LogP contribution < -0.4 is 14.8 Å². The van der Waals surface area contributed by atoms with Gasteiger partial charge in [0.05, 0.1) is 19.9 Å². The molecule has 0 aromatic heterocycles. The molecular formula is C16H14N2O4. The van der Waals surface area contributed by atoms with Gasteiger partial charge in [-0.15, -0.1) is 0 Å². The van der Waals surface area contributed by atoms with E-state index in [0.29, 0.717) is 28.4 Å². The number of methoxy groups -OCH3 is 2. The van der Waals surface area contributed by atoms with Crippen molar-refractivity contribution in [3.63, 3.8) is 0 Å². The van der Waals surface area contributed by atoms with Crippen molar-refractivity contribution in [3.05, 3.63) is 48.0 Å². The number of nitrogens with one attached hydrogen (secondary N) is 1. The van der Waals surface area contributed by atoms with Gasteiger partial charge >= 0.3 is 0 Å². The zero-order valence-corrected chi connectivity index (χ0v) is 12.1. The molecule has 0 aliphatic heterocycles. The molecule has 112 valence electrons. The molecule has 6 nitrogen and oxygen atoms in total. The average molecular weight is 298 g/mol. The lowest BCUT2D eigenvalue weighted by molar-refractivity contribution is 0.102. The van der Waals surface area contributed by atoms with Crippen molar-refractivity contribution in [3.8, 4) is 11.5 Å². The molecule has 0 heterocycles. The van der Waals surface area contributed by atoms with Crippen LogP contribution in [0.4, 0.5) is 11.4 Å². The third kappa shape index (κ3) is 3.50. The van der Waals surface area contributed by atoms with Crippen molar-refractivity contribution < 1.29 is 19.1 Å². The number of hydrogen-bond acceptors (Lipinski definition) is 5. The van der Waals surface area contributed by atoms with Crippen LogP contribution in [-0.2, 0) is 4.79 Å². The first-order valence-electron chi connectivity index (χ1n) is 6.39. The van der Waals surface area contributed by atoms with Crippen LogP contribution in [0.3, 0.4) is 0 Å². The highest BCUT2D eigenvalue weighted by Crippen LogP contribution is 2.30. The number of carbonyl (C=O) groups excluding carboxylic acids is 2. The lowest BCUT2D eigenvalue weighted by Gasteiger charge is -2.10. The molecule has 0 aliphatic carbocycles. The lowest BCUT2D eigenvalue weighted by atomic mass is 10.2. The van der Waals surface area contributed by atoms with Gasteiger partial charge in [-0.3, -0.25) is 4.79 Å². The maximum Gasteiger partial charge on any atom is 0.255 e. The fourth-order valence-electron chi connectivity index (χ4n) is 1.89. The highest BCUT2D eigenvalue weighted by Gasteiger charge is 2.09. The number of rotatable bonds is 5. The number of aliphatic imine (C=N–C) groups is 1. The van der Waals surface area contributed by atoms with Crippen LogP contribution in [0.2, 0.25) is 0 Å². The molecule has 0 spiro atoms. The van der Waals surface area contributed by atoms with E-state index in [1.165, 1.54) is 26.4 Å². The fourth-order valence-corrected chi connectivity index (χ4v) is 1.89. The fraction of sp³-hybridized carbons (Fsp3) is 0.125. The summed E-state index contributed by atoms with van der Waals surface area (Å²) in [6.45, 7) is 0. The number of carbonyl (C=O) groups is 1. The normalized spacial score (nSPS) is 9.55. The van der Waals surface area contributed by atoms with Crippen LogP contribution in [0.1, 0.15) is 10.4 Å². The van der Waals surface area contributed by atoms with E-state index in [1.807, 2.05) is 0 Å². The zero-order valence-electron chi connectivity index (χ0n) is 12.1. The summed E-state index contributed by atoms with van der Waals surface area (Å²) in [4.78, 5) is 25.9. The van der Waals surface area contributed by atoms with Crippen molar-refractivity contribution in [2.45, 2.75) is 0 Å². The topological polar surface area (TPSA) is 77.0 Å². The summed E-state index contributed by atoms with van der Waals surface area (Å²) in [5.41, 5.74) is 1.31. The largest absolute Gasteiger partial charge is 0.493 e. The number of nitrogens with zero attached hydrogens (tertiary/aromatic N) is 1. The molecule has 2 rings (SSSR count). The number of amides is 1. The van der Waals surface area contributed by atoms with Crippen LogP contribution in [0, 0.1) is 0 Å². The summed E-state index contributed by atoms with van der Waals surface area (Å²) in [7, 11) is 3.06. The minimum Gasteiger partial charge on any atom is -0.493 e. The maximum atomic E-state index is 12.2. The molecule has 0 unspecified atom stereocenters. The third-order valence-corrected chi connectivity index (χ3v) is 2.92. The first-order chi connectivity index (χ1) is 10.7. The van der Waals surface area contributed by atoms with E-state index in [1.54, 1.807) is 36.4 Å². The number of benzene rings is 2. The maximum absolute atomic E-state index is 12.2. The van der Waals surface area contributed by atoms with Gasteiger partial charge < -0.3 is 14.8 Å². The second-order valence-electron chi connectivity index (χ2n) is 4.28. The highest BCUT2D eigenvalue weighted by atomic mass is 16.5. The Balaban J connectivity index is 2.21. The van der Waals surface area contributed by atoms with Crippen LogP contribution in [-0.4, -0.2) is 26.2 Å². The Labute approximate surface area is 127 Å². The second kappa shape index (κ2) is 7.06. The van der Waals surface area contributed by atoms with Crippen molar-refractivity contribution in [1.82, 2.24) is 0 Å². The van der Waals surface area contributed by atoms with Gasteiger partial charge in [-0.1, -0.05) is 6.07 Å². The Bertz CT molecular complexity index is 737. The van der Waals surface area contributed by atoms with Gasteiger partial charge in [-0.25, -0.2) is 4.79 Å². The first-order valence-corrected chi connectivity index (χ1v) is 6.39. The van der Waals surface area contributed by atoms with E-state index >= 15 is 0 Å². The SMILES string of the molecule is COc1ccc(NC(=O)c2cccc(N=C=O)c2)cc1OC. The van der Waals surface area contributed by atoms with Crippen molar-refractivity contribution in [2.24, 2.45) is 4.99 Å². The molecular weight excluding hydrogens is 284 g/mol. The van der Waals surface area contributed by atoms with E-state index in [0.717, 1.165) is 0 Å². The summed E-state index contributed by atoms with van der Waals surface area (Å²) < 4.78 is 10.3. The zero-order chi connectivity index (χ0) is 15.9. The summed E-state index contributed by atoms with van der Waals surface area (Å²) in [6, 6.07) is 11.4. The predicted octanol–water partition coefficient (Wildman–Crippen LogP) is 2.92. The number of isocyanates is 1. The Hall–Kier alpha value is -3.11. The van der Waals surface area contributed by atoms with Gasteiger partial charge in [0.15, 0.2) is 11.5 Å². The molecule has 0 atom stereocenters.